The number of nitrogens with two attached hydrogens (primary N) is 1. The maximum absolute atomic E-state index is 11.3. The second-order valence-electron chi connectivity index (χ2n) is 9.47. The molecule has 0 aliphatic heterocycles. The third-order valence-electron chi connectivity index (χ3n) is 6.75. The number of rotatable bonds is 16. The Morgan fingerprint density at radius 1 is 0.769 bits per heavy atom. The molecule has 0 bridgehead atoms. The van der Waals surface area contributed by atoms with Crippen LogP contribution in [0.4, 0.5) is 0 Å². The first-order valence-corrected chi connectivity index (χ1v) is 14.6. The van der Waals surface area contributed by atoms with E-state index < -0.39 is 5.82 Å². The molecule has 0 atom stereocenters. The molecule has 0 aliphatic rings. The van der Waals surface area contributed by atoms with Crippen LogP contribution in [0.25, 0.3) is 0 Å². The van der Waals surface area contributed by atoms with Gasteiger partial charge >= 0.3 is 5.82 Å². The second-order valence-corrected chi connectivity index (χ2v) is 10.8. The van der Waals surface area contributed by atoms with Crippen LogP contribution in [0.3, 0.4) is 0 Å². The molecule has 0 amide bonds. The fourth-order valence-electron chi connectivity index (χ4n) is 4.78. The Bertz CT molecular complexity index is 1200. The van der Waals surface area contributed by atoms with E-state index in [1.807, 2.05) is 16.8 Å². The highest BCUT2D eigenvalue weighted by Gasteiger charge is 2.36. The smallest absolute Gasteiger partial charge is 0.396 e. The SMILES string of the molecule is Cc1oc(=O)oc1CON(CCN)CCCCCCSC(c1ccccc1)(c1ccccc1)c1ccccc1. The van der Waals surface area contributed by atoms with Gasteiger partial charge in [0.15, 0.2) is 5.76 Å². The minimum absolute atomic E-state index is 0.161. The highest BCUT2D eigenvalue weighted by molar-refractivity contribution is 8.00. The van der Waals surface area contributed by atoms with Gasteiger partial charge in [-0.2, -0.15) is 5.06 Å². The van der Waals surface area contributed by atoms with Crippen molar-refractivity contribution in [3.8, 4) is 0 Å². The Hall–Kier alpha value is -3.10. The van der Waals surface area contributed by atoms with Crippen LogP contribution in [0, 0.1) is 6.92 Å². The molecule has 0 radical (unpaired) electrons. The Kier molecular flexibility index (Phi) is 11.0. The van der Waals surface area contributed by atoms with Crippen molar-refractivity contribution in [2.75, 3.05) is 25.4 Å². The standard InChI is InChI=1S/C32H38N2O4S/c1-26-30(38-31(35)37-26)25-36-34(23-21-33)22-13-2-3-14-24-39-32(27-15-7-4-8-16-27,28-17-9-5-10-18-28)29-19-11-6-12-20-29/h4-12,15-20H,2-3,13-14,21-25,33H2,1H3. The van der Waals surface area contributed by atoms with Crippen LogP contribution in [0.15, 0.2) is 105 Å². The quantitative estimate of drug-likeness (QED) is 0.0973. The molecule has 6 nitrogen and oxygen atoms in total. The van der Waals surface area contributed by atoms with Gasteiger partial charge in [0, 0.05) is 19.6 Å². The van der Waals surface area contributed by atoms with Gasteiger partial charge < -0.3 is 14.6 Å². The fourth-order valence-corrected chi connectivity index (χ4v) is 6.34. The summed E-state index contributed by atoms with van der Waals surface area (Å²) >= 11 is 2.01. The molecule has 0 aliphatic carbocycles. The average molecular weight is 547 g/mol. The van der Waals surface area contributed by atoms with Crippen LogP contribution < -0.4 is 11.6 Å². The topological polar surface area (TPSA) is 81.8 Å². The van der Waals surface area contributed by atoms with Gasteiger partial charge in [-0.1, -0.05) is 104 Å². The Labute approximate surface area is 235 Å². The van der Waals surface area contributed by atoms with E-state index in [0.29, 0.717) is 24.6 Å². The maximum Gasteiger partial charge on any atom is 0.519 e. The number of unbranched alkanes of at least 4 members (excludes halogenated alkanes) is 3. The summed E-state index contributed by atoms with van der Waals surface area (Å²) in [5.74, 6) is 1.20. The first-order valence-electron chi connectivity index (χ1n) is 13.6. The number of hydroxylamine groups is 2. The Morgan fingerprint density at radius 3 is 1.79 bits per heavy atom. The molecule has 4 aromatic rings. The molecule has 0 fully saturated rings. The zero-order valence-corrected chi connectivity index (χ0v) is 23.4. The van der Waals surface area contributed by atoms with Crippen molar-refractivity contribution >= 4 is 11.8 Å². The molecule has 0 unspecified atom stereocenters. The summed E-state index contributed by atoms with van der Waals surface area (Å²) in [4.78, 5) is 17.1. The zero-order chi connectivity index (χ0) is 27.3. The number of hydrogen-bond acceptors (Lipinski definition) is 7. The van der Waals surface area contributed by atoms with Crippen LogP contribution in [0.1, 0.15) is 53.9 Å². The average Bonchev–Trinajstić information content (AvgIpc) is 3.31. The first-order chi connectivity index (χ1) is 19.1. The molecule has 7 heteroatoms. The molecule has 206 valence electrons. The molecule has 4 rings (SSSR count). The van der Waals surface area contributed by atoms with Gasteiger partial charge in [-0.05, 0) is 42.2 Å². The zero-order valence-electron chi connectivity index (χ0n) is 22.6. The fraction of sp³-hybridized carbons (Fsp3) is 0.344. The molecule has 1 aromatic heterocycles. The maximum atomic E-state index is 11.3. The van der Waals surface area contributed by atoms with Gasteiger partial charge in [0.05, 0.1) is 4.75 Å². The number of aryl methyl sites for hydroxylation is 1. The number of thioether (sulfide) groups is 1. The lowest BCUT2D eigenvalue weighted by atomic mass is 9.84. The third kappa shape index (κ3) is 7.73. The van der Waals surface area contributed by atoms with E-state index in [1.54, 1.807) is 6.92 Å². The van der Waals surface area contributed by atoms with E-state index in [1.165, 1.54) is 16.7 Å². The van der Waals surface area contributed by atoms with Crippen LogP contribution >= 0.6 is 11.8 Å². The molecule has 0 saturated carbocycles. The van der Waals surface area contributed by atoms with E-state index >= 15 is 0 Å². The van der Waals surface area contributed by atoms with Crippen molar-refractivity contribution in [2.45, 2.75) is 44.0 Å². The number of benzene rings is 3. The first kappa shape index (κ1) is 28.9. The van der Waals surface area contributed by atoms with Crippen molar-refractivity contribution < 1.29 is 13.7 Å². The van der Waals surface area contributed by atoms with Crippen molar-refractivity contribution in [3.05, 3.63) is 130 Å². The lowest BCUT2D eigenvalue weighted by Gasteiger charge is -2.35. The summed E-state index contributed by atoms with van der Waals surface area (Å²) in [7, 11) is 0. The normalized spacial score (nSPS) is 11.8. The van der Waals surface area contributed by atoms with Gasteiger partial charge in [0.2, 0.25) is 0 Å². The van der Waals surface area contributed by atoms with Crippen molar-refractivity contribution in [1.82, 2.24) is 5.06 Å². The summed E-state index contributed by atoms with van der Waals surface area (Å²) in [6.45, 7) is 3.73. The Balaban J connectivity index is 1.33. The van der Waals surface area contributed by atoms with Gasteiger partial charge in [0.25, 0.3) is 0 Å². The largest absolute Gasteiger partial charge is 0.519 e. The molecule has 0 spiro atoms. The van der Waals surface area contributed by atoms with Crippen LogP contribution in [-0.4, -0.2) is 30.5 Å². The number of nitrogens with zero attached hydrogens (tertiary/aromatic N) is 1. The van der Waals surface area contributed by atoms with E-state index in [2.05, 4.69) is 91.0 Å². The van der Waals surface area contributed by atoms with Gasteiger partial charge in [-0.15, -0.1) is 11.8 Å². The van der Waals surface area contributed by atoms with Gasteiger partial charge in [-0.3, -0.25) is 4.84 Å². The van der Waals surface area contributed by atoms with Crippen LogP contribution in [0.5, 0.6) is 0 Å². The van der Waals surface area contributed by atoms with E-state index in [-0.39, 0.29) is 11.4 Å². The predicted octanol–water partition coefficient (Wildman–Crippen LogP) is 6.52. The summed E-state index contributed by atoms with van der Waals surface area (Å²) in [5, 5.41) is 1.85. The highest BCUT2D eigenvalue weighted by atomic mass is 32.2. The summed E-state index contributed by atoms with van der Waals surface area (Å²) in [6.07, 6.45) is 4.35. The Morgan fingerprint density at radius 2 is 1.31 bits per heavy atom. The molecular formula is C32H38N2O4S. The van der Waals surface area contributed by atoms with Crippen LogP contribution in [0.2, 0.25) is 0 Å². The lowest BCUT2D eigenvalue weighted by molar-refractivity contribution is -0.172. The van der Waals surface area contributed by atoms with E-state index in [0.717, 1.165) is 38.0 Å². The lowest BCUT2D eigenvalue weighted by Crippen LogP contribution is -2.30. The van der Waals surface area contributed by atoms with E-state index in [4.69, 9.17) is 19.4 Å². The number of hydrogen-bond donors (Lipinski definition) is 1. The van der Waals surface area contributed by atoms with Crippen molar-refractivity contribution in [3.63, 3.8) is 0 Å². The van der Waals surface area contributed by atoms with E-state index in [9.17, 15) is 4.79 Å². The van der Waals surface area contributed by atoms with Gasteiger partial charge in [-0.25, -0.2) is 4.79 Å². The molecule has 39 heavy (non-hydrogen) atoms. The molecule has 3 aromatic carbocycles. The summed E-state index contributed by atoms with van der Waals surface area (Å²) < 4.78 is 9.66. The van der Waals surface area contributed by atoms with Crippen LogP contribution in [-0.2, 0) is 16.2 Å². The molecule has 0 saturated heterocycles. The van der Waals surface area contributed by atoms with Crippen molar-refractivity contribution in [2.24, 2.45) is 5.73 Å². The molecule has 2 N–H and O–H groups in total. The predicted molar refractivity (Wildman–Crippen MR) is 158 cm³/mol. The minimum atomic E-state index is -0.704. The molecular weight excluding hydrogens is 508 g/mol. The minimum Gasteiger partial charge on any atom is -0.396 e. The van der Waals surface area contributed by atoms with Gasteiger partial charge in [0.1, 0.15) is 12.4 Å². The highest BCUT2D eigenvalue weighted by Crippen LogP contribution is 2.48. The summed E-state index contributed by atoms with van der Waals surface area (Å²) in [5.41, 5.74) is 9.66. The third-order valence-corrected chi connectivity index (χ3v) is 8.39. The summed E-state index contributed by atoms with van der Waals surface area (Å²) in [6, 6.07) is 32.5. The second kappa shape index (κ2) is 14.9. The molecule has 1 heterocycles. The van der Waals surface area contributed by atoms with Crippen molar-refractivity contribution in [1.29, 1.82) is 0 Å². The monoisotopic (exact) mass is 546 g/mol.